The number of benzene rings is 1. The lowest BCUT2D eigenvalue weighted by atomic mass is 10.1. The van der Waals surface area contributed by atoms with Gasteiger partial charge in [-0.2, -0.15) is 0 Å². The fourth-order valence-corrected chi connectivity index (χ4v) is 2.08. The molecule has 0 aliphatic rings. The molecule has 0 fully saturated rings. The zero-order chi connectivity index (χ0) is 13.1. The third-order valence-electron chi connectivity index (χ3n) is 3.01. The summed E-state index contributed by atoms with van der Waals surface area (Å²) in [5.74, 6) is 1.88. The highest BCUT2D eigenvalue weighted by molar-refractivity contribution is 5.18. The van der Waals surface area contributed by atoms with Gasteiger partial charge in [0, 0.05) is 0 Å². The zero-order valence-electron chi connectivity index (χ0n) is 11.2. The van der Waals surface area contributed by atoms with Crippen molar-refractivity contribution >= 4 is 0 Å². The van der Waals surface area contributed by atoms with Crippen LogP contribution in [-0.4, -0.2) is 4.98 Å². The first-order valence-electron chi connectivity index (χ1n) is 6.34. The number of rotatable bonds is 4. The Morgan fingerprint density at radius 3 is 2.44 bits per heavy atom. The first kappa shape index (κ1) is 12.8. The number of nitrogens with two attached hydrogens (primary N) is 1. The van der Waals surface area contributed by atoms with Crippen molar-refractivity contribution in [2.45, 2.75) is 39.2 Å². The molecule has 18 heavy (non-hydrogen) atoms. The molecule has 0 amide bonds. The molecule has 2 N–H and O–H groups in total. The zero-order valence-corrected chi connectivity index (χ0v) is 11.2. The Balaban J connectivity index is 2.14. The minimum Gasteiger partial charge on any atom is -0.444 e. The Kier molecular flexibility index (Phi) is 3.82. The molecule has 0 spiro atoms. The van der Waals surface area contributed by atoms with Crippen molar-refractivity contribution in [1.82, 2.24) is 4.98 Å². The predicted octanol–water partition coefficient (Wildman–Crippen LogP) is 3.35. The van der Waals surface area contributed by atoms with Crippen molar-refractivity contribution in [2.24, 2.45) is 5.73 Å². The van der Waals surface area contributed by atoms with Crippen LogP contribution in [0.25, 0.3) is 0 Å². The second kappa shape index (κ2) is 5.36. The lowest BCUT2D eigenvalue weighted by Crippen LogP contribution is -2.13. The molecule has 0 radical (unpaired) electrons. The smallest absolute Gasteiger partial charge is 0.211 e. The van der Waals surface area contributed by atoms with Crippen molar-refractivity contribution in [3.8, 4) is 0 Å². The summed E-state index contributed by atoms with van der Waals surface area (Å²) in [6.07, 6.45) is 0.748. The van der Waals surface area contributed by atoms with E-state index in [4.69, 9.17) is 10.2 Å². The number of aryl methyl sites for hydroxylation is 1. The Morgan fingerprint density at radius 1 is 1.22 bits per heavy atom. The van der Waals surface area contributed by atoms with Crippen LogP contribution in [0.3, 0.4) is 0 Å². The highest BCUT2D eigenvalue weighted by Gasteiger charge is 2.18. The van der Waals surface area contributed by atoms with Crippen LogP contribution < -0.4 is 5.73 Å². The molecule has 0 saturated carbocycles. The van der Waals surface area contributed by atoms with Crippen molar-refractivity contribution in [2.75, 3.05) is 0 Å². The molecule has 0 aliphatic carbocycles. The van der Waals surface area contributed by atoms with Gasteiger partial charge in [-0.05, 0) is 24.8 Å². The standard InChI is InChI=1S/C15H20N2O/c1-10(2)14-11(3)18-15(17-14)13(16)9-12-7-5-4-6-8-12/h4-8,10,13H,9,16H2,1-3H3. The van der Waals surface area contributed by atoms with E-state index < -0.39 is 0 Å². The van der Waals surface area contributed by atoms with Gasteiger partial charge in [0.1, 0.15) is 5.76 Å². The first-order valence-corrected chi connectivity index (χ1v) is 6.34. The van der Waals surface area contributed by atoms with E-state index in [1.807, 2.05) is 25.1 Å². The lowest BCUT2D eigenvalue weighted by molar-refractivity contribution is 0.430. The molecule has 1 atom stereocenters. The number of nitrogens with zero attached hydrogens (tertiary/aromatic N) is 1. The highest BCUT2D eigenvalue weighted by Crippen LogP contribution is 2.23. The Labute approximate surface area is 108 Å². The molecule has 0 saturated heterocycles. The van der Waals surface area contributed by atoms with Gasteiger partial charge in [0.25, 0.3) is 0 Å². The van der Waals surface area contributed by atoms with E-state index in [-0.39, 0.29) is 6.04 Å². The average molecular weight is 244 g/mol. The maximum Gasteiger partial charge on any atom is 0.211 e. The van der Waals surface area contributed by atoms with Crippen molar-refractivity contribution in [3.05, 3.63) is 53.2 Å². The second-order valence-corrected chi connectivity index (χ2v) is 4.94. The second-order valence-electron chi connectivity index (χ2n) is 4.94. The van der Waals surface area contributed by atoms with Crippen molar-refractivity contribution in [3.63, 3.8) is 0 Å². The Bertz CT molecular complexity index is 502. The van der Waals surface area contributed by atoms with Crippen molar-refractivity contribution in [1.29, 1.82) is 0 Å². The number of hydrogen-bond acceptors (Lipinski definition) is 3. The summed E-state index contributed by atoms with van der Waals surface area (Å²) in [5, 5.41) is 0. The van der Waals surface area contributed by atoms with Crippen LogP contribution in [0.1, 0.15) is 48.7 Å². The molecule has 3 nitrogen and oxygen atoms in total. The molecule has 1 unspecified atom stereocenters. The molecule has 0 aliphatic heterocycles. The predicted molar refractivity (Wildman–Crippen MR) is 72.4 cm³/mol. The minimum absolute atomic E-state index is 0.182. The van der Waals surface area contributed by atoms with Crippen LogP contribution in [0.4, 0.5) is 0 Å². The monoisotopic (exact) mass is 244 g/mol. The summed E-state index contributed by atoms with van der Waals surface area (Å²) in [6, 6.07) is 9.99. The Hall–Kier alpha value is -1.61. The van der Waals surface area contributed by atoms with E-state index in [0.717, 1.165) is 17.9 Å². The van der Waals surface area contributed by atoms with Gasteiger partial charge < -0.3 is 10.2 Å². The largest absolute Gasteiger partial charge is 0.444 e. The third-order valence-corrected chi connectivity index (χ3v) is 3.01. The first-order chi connectivity index (χ1) is 8.58. The van der Waals surface area contributed by atoms with Crippen LogP contribution in [0.5, 0.6) is 0 Å². The topological polar surface area (TPSA) is 52.0 Å². The van der Waals surface area contributed by atoms with E-state index in [0.29, 0.717) is 11.8 Å². The van der Waals surface area contributed by atoms with E-state index in [1.165, 1.54) is 5.56 Å². The number of oxazole rings is 1. The van der Waals surface area contributed by atoms with E-state index in [9.17, 15) is 0 Å². The third kappa shape index (κ3) is 2.79. The number of hydrogen-bond donors (Lipinski definition) is 1. The van der Waals surface area contributed by atoms with Gasteiger partial charge in [0.2, 0.25) is 5.89 Å². The van der Waals surface area contributed by atoms with Crippen LogP contribution in [-0.2, 0) is 6.42 Å². The van der Waals surface area contributed by atoms with Crippen LogP contribution in [0.15, 0.2) is 34.7 Å². The number of aromatic nitrogens is 1. The lowest BCUT2D eigenvalue weighted by Gasteiger charge is -2.07. The summed E-state index contributed by atoms with van der Waals surface area (Å²) >= 11 is 0. The highest BCUT2D eigenvalue weighted by atomic mass is 16.4. The fraction of sp³-hybridized carbons (Fsp3) is 0.400. The van der Waals surface area contributed by atoms with Crippen LogP contribution in [0.2, 0.25) is 0 Å². The molecule has 96 valence electrons. The maximum absolute atomic E-state index is 6.15. The summed E-state index contributed by atoms with van der Waals surface area (Å²) in [4.78, 5) is 4.51. The summed E-state index contributed by atoms with van der Waals surface area (Å²) < 4.78 is 5.67. The molecule has 1 aromatic heterocycles. The van der Waals surface area contributed by atoms with Gasteiger partial charge in [-0.3, -0.25) is 0 Å². The molecule has 1 heterocycles. The van der Waals surface area contributed by atoms with Crippen LogP contribution >= 0.6 is 0 Å². The fourth-order valence-electron chi connectivity index (χ4n) is 2.08. The molecular formula is C15H20N2O. The molecular weight excluding hydrogens is 224 g/mol. The van der Waals surface area contributed by atoms with Gasteiger partial charge >= 0.3 is 0 Å². The Morgan fingerprint density at radius 2 is 1.89 bits per heavy atom. The van der Waals surface area contributed by atoms with E-state index in [1.54, 1.807) is 0 Å². The summed E-state index contributed by atoms with van der Waals surface area (Å²) in [6.45, 7) is 6.16. The molecule has 3 heteroatoms. The van der Waals surface area contributed by atoms with Crippen molar-refractivity contribution < 1.29 is 4.42 Å². The quantitative estimate of drug-likeness (QED) is 0.897. The molecule has 2 aromatic rings. The van der Waals surface area contributed by atoms with E-state index in [2.05, 4.69) is 31.0 Å². The summed E-state index contributed by atoms with van der Waals surface area (Å²) in [5.41, 5.74) is 8.36. The normalized spacial score (nSPS) is 12.9. The minimum atomic E-state index is -0.182. The van der Waals surface area contributed by atoms with Gasteiger partial charge in [-0.1, -0.05) is 44.2 Å². The molecule has 0 bridgehead atoms. The molecule has 1 aromatic carbocycles. The van der Waals surface area contributed by atoms with Gasteiger partial charge in [0.05, 0.1) is 11.7 Å². The average Bonchev–Trinajstić information content (AvgIpc) is 2.73. The molecule has 2 rings (SSSR count). The summed E-state index contributed by atoms with van der Waals surface area (Å²) in [7, 11) is 0. The van der Waals surface area contributed by atoms with Gasteiger partial charge in [0.15, 0.2) is 0 Å². The van der Waals surface area contributed by atoms with Gasteiger partial charge in [-0.25, -0.2) is 4.98 Å². The SMILES string of the molecule is Cc1oc(C(N)Cc2ccccc2)nc1C(C)C. The van der Waals surface area contributed by atoms with E-state index >= 15 is 0 Å². The van der Waals surface area contributed by atoms with Crippen LogP contribution in [0, 0.1) is 6.92 Å². The van der Waals surface area contributed by atoms with Gasteiger partial charge in [-0.15, -0.1) is 0 Å². The maximum atomic E-state index is 6.15.